The van der Waals surface area contributed by atoms with Crippen molar-refractivity contribution in [2.45, 2.75) is 13.2 Å². The molecule has 1 heterocycles. The summed E-state index contributed by atoms with van der Waals surface area (Å²) in [6.07, 6.45) is -1.53. The third kappa shape index (κ3) is 3.27. The van der Waals surface area contributed by atoms with Crippen LogP contribution in [0.4, 0.5) is 0 Å². The summed E-state index contributed by atoms with van der Waals surface area (Å²) < 4.78 is 0. The number of hydrogen-bond acceptors (Lipinski definition) is 4. The number of nitrogens with one attached hydrogen (secondary N) is 1. The molecule has 0 radical (unpaired) electrons. The number of Topliss-reactive ketones (excluding diaryl/α,β-unsaturated/α-hetero) is 1. The molecule has 0 aliphatic heterocycles. The Morgan fingerprint density at radius 2 is 1.89 bits per heavy atom. The summed E-state index contributed by atoms with van der Waals surface area (Å²) in [7, 11) is 0. The molecule has 5 heteroatoms. The minimum atomic E-state index is -1.53. The molecule has 2 aromatic rings. The molecule has 4 nitrogen and oxygen atoms in total. The van der Waals surface area contributed by atoms with Gasteiger partial charge < -0.3 is 10.4 Å². The van der Waals surface area contributed by atoms with Gasteiger partial charge in [-0.25, -0.2) is 0 Å². The fourth-order valence-electron chi connectivity index (χ4n) is 1.54. The highest BCUT2D eigenvalue weighted by atomic mass is 32.1. The largest absolute Gasteiger partial charge is 0.367 e. The molecule has 0 aliphatic rings. The second-order valence-corrected chi connectivity index (χ2v) is 5.03. The molecule has 1 aromatic heterocycles. The summed E-state index contributed by atoms with van der Waals surface area (Å²) in [5, 5.41) is 13.8. The molecule has 98 valence electrons. The van der Waals surface area contributed by atoms with Gasteiger partial charge in [0.2, 0.25) is 5.78 Å². The fraction of sp³-hybridized carbons (Fsp3) is 0.143. The molecule has 0 unspecified atom stereocenters. The number of hydrogen-bond donors (Lipinski definition) is 2. The molecule has 0 bridgehead atoms. The van der Waals surface area contributed by atoms with Gasteiger partial charge in [0.1, 0.15) is 0 Å². The Morgan fingerprint density at radius 3 is 2.47 bits per heavy atom. The van der Waals surface area contributed by atoms with E-state index in [1.54, 1.807) is 41.8 Å². The number of aryl methyl sites for hydroxylation is 1. The zero-order chi connectivity index (χ0) is 13.8. The molecule has 0 saturated heterocycles. The number of amides is 1. The Labute approximate surface area is 114 Å². The van der Waals surface area contributed by atoms with E-state index in [0.717, 1.165) is 5.56 Å². The molecule has 1 amide bonds. The van der Waals surface area contributed by atoms with Crippen molar-refractivity contribution in [2.75, 3.05) is 0 Å². The molecule has 1 aromatic carbocycles. The van der Waals surface area contributed by atoms with Crippen molar-refractivity contribution >= 4 is 23.0 Å². The van der Waals surface area contributed by atoms with Crippen molar-refractivity contribution in [1.82, 2.24) is 5.32 Å². The van der Waals surface area contributed by atoms with Gasteiger partial charge in [-0.2, -0.15) is 0 Å². The van der Waals surface area contributed by atoms with Gasteiger partial charge in [0.25, 0.3) is 5.91 Å². The minimum absolute atomic E-state index is 0.365. The van der Waals surface area contributed by atoms with Crippen LogP contribution in [0.3, 0.4) is 0 Å². The Balaban J connectivity index is 2.03. The number of aliphatic hydroxyl groups excluding tert-OH is 1. The molecule has 0 spiro atoms. The predicted octanol–water partition coefficient (Wildman–Crippen LogP) is 1.99. The first-order valence-corrected chi connectivity index (χ1v) is 6.59. The maximum Gasteiger partial charge on any atom is 0.263 e. The van der Waals surface area contributed by atoms with Crippen molar-refractivity contribution < 1.29 is 14.7 Å². The average molecular weight is 275 g/mol. The van der Waals surface area contributed by atoms with Gasteiger partial charge in [-0.3, -0.25) is 9.59 Å². The number of aliphatic hydroxyl groups is 1. The number of thiophene rings is 1. The van der Waals surface area contributed by atoms with Gasteiger partial charge in [-0.1, -0.05) is 35.9 Å². The summed E-state index contributed by atoms with van der Waals surface area (Å²) in [6, 6.07) is 10.2. The number of benzene rings is 1. The van der Waals surface area contributed by atoms with Gasteiger partial charge in [-0.05, 0) is 18.4 Å². The molecule has 1 atom stereocenters. The summed E-state index contributed by atoms with van der Waals surface area (Å²) in [6.45, 7) is 1.91. The van der Waals surface area contributed by atoms with Crippen molar-refractivity contribution in [3.63, 3.8) is 0 Å². The van der Waals surface area contributed by atoms with E-state index < -0.39 is 17.9 Å². The Kier molecular flexibility index (Phi) is 4.09. The highest BCUT2D eigenvalue weighted by molar-refractivity contribution is 7.12. The van der Waals surface area contributed by atoms with Crippen molar-refractivity contribution in [1.29, 1.82) is 0 Å². The summed E-state index contributed by atoms with van der Waals surface area (Å²) in [4.78, 5) is 24.0. The molecule has 2 N–H and O–H groups in total. The lowest BCUT2D eigenvalue weighted by Gasteiger charge is -2.11. The lowest BCUT2D eigenvalue weighted by Crippen LogP contribution is -2.40. The number of rotatable bonds is 4. The van der Waals surface area contributed by atoms with Crippen molar-refractivity contribution in [2.24, 2.45) is 0 Å². The Morgan fingerprint density at radius 1 is 1.21 bits per heavy atom. The van der Waals surface area contributed by atoms with Gasteiger partial charge in [0, 0.05) is 5.56 Å². The fourth-order valence-corrected chi connectivity index (χ4v) is 2.17. The van der Waals surface area contributed by atoms with E-state index in [2.05, 4.69) is 5.32 Å². The Hall–Kier alpha value is -1.98. The van der Waals surface area contributed by atoms with Crippen LogP contribution >= 0.6 is 11.3 Å². The molecule has 19 heavy (non-hydrogen) atoms. The molecular weight excluding hydrogens is 262 g/mol. The van der Waals surface area contributed by atoms with Crippen LogP contribution in [0.5, 0.6) is 0 Å². The van der Waals surface area contributed by atoms with Gasteiger partial charge >= 0.3 is 0 Å². The number of ketones is 1. The summed E-state index contributed by atoms with van der Waals surface area (Å²) >= 11 is 1.25. The van der Waals surface area contributed by atoms with Crippen LogP contribution in [0.25, 0.3) is 0 Å². The van der Waals surface area contributed by atoms with E-state index in [1.807, 2.05) is 6.92 Å². The average Bonchev–Trinajstić information content (AvgIpc) is 2.92. The first-order chi connectivity index (χ1) is 9.08. The lowest BCUT2D eigenvalue weighted by molar-refractivity contribution is 0.0609. The third-order valence-corrected chi connectivity index (χ3v) is 3.47. The molecule has 2 rings (SSSR count). The topological polar surface area (TPSA) is 66.4 Å². The van der Waals surface area contributed by atoms with E-state index in [4.69, 9.17) is 0 Å². The van der Waals surface area contributed by atoms with Gasteiger partial charge in [0.05, 0.1) is 4.88 Å². The van der Waals surface area contributed by atoms with E-state index in [0.29, 0.717) is 10.4 Å². The monoisotopic (exact) mass is 275 g/mol. The van der Waals surface area contributed by atoms with Crippen LogP contribution in [-0.2, 0) is 0 Å². The van der Waals surface area contributed by atoms with Crippen LogP contribution < -0.4 is 5.32 Å². The minimum Gasteiger partial charge on any atom is -0.367 e. The molecular formula is C14H13NO3S. The second-order valence-electron chi connectivity index (χ2n) is 4.08. The zero-order valence-corrected chi connectivity index (χ0v) is 11.1. The summed E-state index contributed by atoms with van der Waals surface area (Å²) in [5.74, 6) is -0.979. The second kappa shape index (κ2) is 5.77. The lowest BCUT2D eigenvalue weighted by atomic mass is 10.1. The SMILES string of the molecule is Cc1ccc(C(=O)[C@@H](O)NC(=O)c2cccs2)cc1. The van der Waals surface area contributed by atoms with Crippen molar-refractivity contribution in [3.05, 3.63) is 57.8 Å². The van der Waals surface area contributed by atoms with Gasteiger partial charge in [-0.15, -0.1) is 11.3 Å². The van der Waals surface area contributed by atoms with E-state index in [1.165, 1.54) is 11.3 Å². The summed E-state index contributed by atoms with van der Waals surface area (Å²) in [5.41, 5.74) is 1.39. The van der Waals surface area contributed by atoms with Crippen LogP contribution in [0.1, 0.15) is 25.6 Å². The van der Waals surface area contributed by atoms with Crippen molar-refractivity contribution in [3.8, 4) is 0 Å². The van der Waals surface area contributed by atoms with Gasteiger partial charge in [0.15, 0.2) is 6.23 Å². The maximum absolute atomic E-state index is 11.9. The highest BCUT2D eigenvalue weighted by Gasteiger charge is 2.20. The quantitative estimate of drug-likeness (QED) is 0.662. The van der Waals surface area contributed by atoms with E-state index in [-0.39, 0.29) is 0 Å². The first-order valence-electron chi connectivity index (χ1n) is 5.71. The Bertz CT molecular complexity index is 575. The number of carbonyl (C=O) groups is 2. The maximum atomic E-state index is 11.9. The molecule has 0 saturated carbocycles. The number of carbonyl (C=O) groups excluding carboxylic acids is 2. The normalized spacial score (nSPS) is 11.9. The van der Waals surface area contributed by atoms with E-state index in [9.17, 15) is 14.7 Å². The third-order valence-electron chi connectivity index (χ3n) is 2.60. The van der Waals surface area contributed by atoms with Crippen LogP contribution in [0.15, 0.2) is 41.8 Å². The van der Waals surface area contributed by atoms with Crippen LogP contribution in [0, 0.1) is 6.92 Å². The highest BCUT2D eigenvalue weighted by Crippen LogP contribution is 2.09. The molecule has 0 aliphatic carbocycles. The predicted molar refractivity (Wildman–Crippen MR) is 73.3 cm³/mol. The first kappa shape index (κ1) is 13.5. The smallest absolute Gasteiger partial charge is 0.263 e. The molecule has 0 fully saturated rings. The van der Waals surface area contributed by atoms with Crippen LogP contribution in [0.2, 0.25) is 0 Å². The zero-order valence-electron chi connectivity index (χ0n) is 10.3. The van der Waals surface area contributed by atoms with Crippen LogP contribution in [-0.4, -0.2) is 23.0 Å². The van der Waals surface area contributed by atoms with E-state index >= 15 is 0 Å². The standard InChI is InChI=1S/C14H13NO3S/c1-9-4-6-10(7-5-9)12(16)14(18)15-13(17)11-3-2-8-19-11/h2-8,14,18H,1H3,(H,15,17)/t14-/m1/s1.